The largest absolute Gasteiger partial charge is 0.481 e. The van der Waals surface area contributed by atoms with Crippen molar-refractivity contribution >= 4 is 17.8 Å². The van der Waals surface area contributed by atoms with Crippen molar-refractivity contribution in [2.24, 2.45) is 5.92 Å². The van der Waals surface area contributed by atoms with Crippen molar-refractivity contribution in [1.29, 1.82) is 0 Å². The second-order valence-electron chi connectivity index (χ2n) is 6.95. The van der Waals surface area contributed by atoms with Crippen LogP contribution in [0.2, 0.25) is 0 Å². The number of hydrogen-bond donors (Lipinski definition) is 3. The first-order valence-corrected chi connectivity index (χ1v) is 9.37. The van der Waals surface area contributed by atoms with Crippen LogP contribution in [0, 0.1) is 5.92 Å². The lowest BCUT2D eigenvalue weighted by Crippen LogP contribution is -2.39. The number of nitrogens with one attached hydrogen (secondary N) is 2. The molecule has 1 fully saturated rings. The summed E-state index contributed by atoms with van der Waals surface area (Å²) in [4.78, 5) is 35.1. The van der Waals surface area contributed by atoms with Gasteiger partial charge in [0, 0.05) is 12.8 Å². The second kappa shape index (κ2) is 10.6. The molecule has 0 aliphatic heterocycles. The van der Waals surface area contributed by atoms with Gasteiger partial charge in [-0.25, -0.2) is 0 Å². The summed E-state index contributed by atoms with van der Waals surface area (Å²) in [5.74, 6) is -0.865. The number of carbonyl (C=O) groups is 3. The fourth-order valence-electron chi connectivity index (χ4n) is 3.43. The topological polar surface area (TPSA) is 95.5 Å². The summed E-state index contributed by atoms with van der Waals surface area (Å²) in [7, 11) is 0. The Morgan fingerprint density at radius 3 is 2.38 bits per heavy atom. The fourth-order valence-corrected chi connectivity index (χ4v) is 3.43. The quantitative estimate of drug-likeness (QED) is 0.631. The van der Waals surface area contributed by atoms with Crippen molar-refractivity contribution in [2.45, 2.75) is 57.4 Å². The van der Waals surface area contributed by atoms with Gasteiger partial charge in [-0.3, -0.25) is 14.4 Å². The summed E-state index contributed by atoms with van der Waals surface area (Å²) in [6.45, 7) is -0.0814. The third-order valence-corrected chi connectivity index (χ3v) is 4.83. The van der Waals surface area contributed by atoms with Gasteiger partial charge in [-0.15, -0.1) is 0 Å². The number of carbonyl (C=O) groups excluding carboxylic acids is 2. The Balaban J connectivity index is 1.80. The molecule has 0 aromatic heterocycles. The number of aliphatic carboxylic acids is 1. The number of amides is 2. The first-order valence-electron chi connectivity index (χ1n) is 9.37. The van der Waals surface area contributed by atoms with Crippen LogP contribution in [-0.2, 0) is 14.4 Å². The molecule has 1 unspecified atom stereocenters. The monoisotopic (exact) mass is 360 g/mol. The van der Waals surface area contributed by atoms with Crippen molar-refractivity contribution in [2.75, 3.05) is 6.54 Å². The van der Waals surface area contributed by atoms with E-state index in [1.165, 1.54) is 19.3 Å². The van der Waals surface area contributed by atoms with Crippen LogP contribution >= 0.6 is 0 Å². The van der Waals surface area contributed by atoms with Crippen molar-refractivity contribution in [3.63, 3.8) is 0 Å². The Labute approximate surface area is 154 Å². The molecule has 1 aromatic rings. The van der Waals surface area contributed by atoms with Crippen LogP contribution in [0.4, 0.5) is 0 Å². The van der Waals surface area contributed by atoms with E-state index in [-0.39, 0.29) is 30.8 Å². The van der Waals surface area contributed by atoms with Gasteiger partial charge in [0.2, 0.25) is 11.8 Å². The minimum Gasteiger partial charge on any atom is -0.481 e. The highest BCUT2D eigenvalue weighted by Crippen LogP contribution is 2.26. The zero-order chi connectivity index (χ0) is 18.8. The molecule has 6 heteroatoms. The second-order valence-corrected chi connectivity index (χ2v) is 6.95. The predicted octanol–water partition coefficient (Wildman–Crippen LogP) is 2.80. The van der Waals surface area contributed by atoms with E-state index in [0.717, 1.165) is 18.4 Å². The lowest BCUT2D eigenvalue weighted by atomic mass is 9.87. The molecule has 26 heavy (non-hydrogen) atoms. The molecule has 1 saturated carbocycles. The Morgan fingerprint density at radius 1 is 1.04 bits per heavy atom. The van der Waals surface area contributed by atoms with Crippen LogP contribution in [-0.4, -0.2) is 29.4 Å². The highest BCUT2D eigenvalue weighted by Gasteiger charge is 2.19. The molecule has 1 atom stereocenters. The molecule has 0 bridgehead atoms. The first-order chi connectivity index (χ1) is 12.5. The third kappa shape index (κ3) is 7.25. The van der Waals surface area contributed by atoms with E-state index in [0.29, 0.717) is 18.8 Å². The Kier molecular flexibility index (Phi) is 8.12. The zero-order valence-corrected chi connectivity index (χ0v) is 15.1. The van der Waals surface area contributed by atoms with Crippen LogP contribution in [0.3, 0.4) is 0 Å². The Bertz CT molecular complexity index is 597. The van der Waals surface area contributed by atoms with Crippen molar-refractivity contribution in [1.82, 2.24) is 10.6 Å². The average molecular weight is 360 g/mol. The molecule has 1 aliphatic rings. The van der Waals surface area contributed by atoms with Crippen molar-refractivity contribution in [3.8, 4) is 0 Å². The molecule has 0 spiro atoms. The highest BCUT2D eigenvalue weighted by atomic mass is 16.4. The minimum absolute atomic E-state index is 0.0338. The Morgan fingerprint density at radius 2 is 1.73 bits per heavy atom. The molecule has 1 aliphatic carbocycles. The summed E-state index contributed by atoms with van der Waals surface area (Å²) in [6, 6.07) is 8.89. The van der Waals surface area contributed by atoms with E-state index in [1.54, 1.807) is 0 Å². The summed E-state index contributed by atoms with van der Waals surface area (Å²) in [6.07, 6.45) is 6.54. The minimum atomic E-state index is -0.902. The van der Waals surface area contributed by atoms with E-state index < -0.39 is 5.97 Å². The maximum absolute atomic E-state index is 12.2. The van der Waals surface area contributed by atoms with Gasteiger partial charge in [0.1, 0.15) is 0 Å². The maximum Gasteiger partial charge on any atom is 0.303 e. The smallest absolute Gasteiger partial charge is 0.303 e. The van der Waals surface area contributed by atoms with Gasteiger partial charge in [-0.05, 0) is 30.7 Å². The number of rotatable bonds is 9. The van der Waals surface area contributed by atoms with E-state index in [9.17, 15) is 14.4 Å². The lowest BCUT2D eigenvalue weighted by Gasteiger charge is -2.21. The third-order valence-electron chi connectivity index (χ3n) is 4.83. The van der Waals surface area contributed by atoms with E-state index in [2.05, 4.69) is 10.6 Å². The zero-order valence-electron chi connectivity index (χ0n) is 15.1. The van der Waals surface area contributed by atoms with Gasteiger partial charge in [0.15, 0.2) is 0 Å². The highest BCUT2D eigenvalue weighted by molar-refractivity contribution is 5.85. The number of carboxylic acids is 1. The van der Waals surface area contributed by atoms with Gasteiger partial charge >= 0.3 is 5.97 Å². The standard InChI is InChI=1S/C20H28N2O4/c23-18(13-15-7-3-1-4-8-15)21-14-19(24)22-17(11-12-20(25)26)16-9-5-2-6-10-16/h2,5-6,9-10,15,17H,1,3-4,7-8,11-14H2,(H,21,23)(H,22,24)(H,25,26). The van der Waals surface area contributed by atoms with Crippen LogP contribution < -0.4 is 10.6 Å². The molecule has 2 rings (SSSR count). The Hall–Kier alpha value is -2.37. The van der Waals surface area contributed by atoms with Crippen LogP contribution in [0.25, 0.3) is 0 Å². The maximum atomic E-state index is 12.2. The average Bonchev–Trinajstić information content (AvgIpc) is 2.65. The van der Waals surface area contributed by atoms with Gasteiger partial charge < -0.3 is 15.7 Å². The van der Waals surface area contributed by atoms with E-state index >= 15 is 0 Å². The molecule has 2 amide bonds. The van der Waals surface area contributed by atoms with Gasteiger partial charge in [0.25, 0.3) is 0 Å². The predicted molar refractivity (Wildman–Crippen MR) is 98.4 cm³/mol. The van der Waals surface area contributed by atoms with Gasteiger partial charge in [-0.1, -0.05) is 49.6 Å². The molecular formula is C20H28N2O4. The first kappa shape index (κ1) is 19.9. The van der Waals surface area contributed by atoms with E-state index in [1.807, 2.05) is 30.3 Å². The molecule has 1 aromatic carbocycles. The molecule has 6 nitrogen and oxygen atoms in total. The van der Waals surface area contributed by atoms with Gasteiger partial charge in [-0.2, -0.15) is 0 Å². The SMILES string of the molecule is O=C(O)CCC(NC(=O)CNC(=O)CC1CCCCC1)c1ccccc1. The van der Waals surface area contributed by atoms with Gasteiger partial charge in [0.05, 0.1) is 12.6 Å². The van der Waals surface area contributed by atoms with Crippen molar-refractivity contribution < 1.29 is 19.5 Å². The van der Waals surface area contributed by atoms with Crippen LogP contribution in [0.1, 0.15) is 63.0 Å². The van der Waals surface area contributed by atoms with E-state index in [4.69, 9.17) is 5.11 Å². The van der Waals surface area contributed by atoms with Crippen molar-refractivity contribution in [3.05, 3.63) is 35.9 Å². The van der Waals surface area contributed by atoms with Crippen LogP contribution in [0.15, 0.2) is 30.3 Å². The molecule has 0 saturated heterocycles. The fraction of sp³-hybridized carbons (Fsp3) is 0.550. The summed E-state index contributed by atoms with van der Waals surface area (Å²) >= 11 is 0. The summed E-state index contributed by atoms with van der Waals surface area (Å²) in [5, 5.41) is 14.4. The number of carboxylic acid groups (broad SMARTS) is 1. The molecular weight excluding hydrogens is 332 g/mol. The normalized spacial score (nSPS) is 15.8. The number of hydrogen-bond acceptors (Lipinski definition) is 3. The lowest BCUT2D eigenvalue weighted by molar-refractivity contribution is -0.137. The molecule has 0 heterocycles. The molecule has 0 radical (unpaired) electrons. The summed E-state index contributed by atoms with van der Waals surface area (Å²) in [5.41, 5.74) is 0.857. The molecule has 3 N–H and O–H groups in total. The summed E-state index contributed by atoms with van der Waals surface area (Å²) < 4.78 is 0. The molecule has 142 valence electrons. The number of benzene rings is 1. The van der Waals surface area contributed by atoms with Crippen LogP contribution in [0.5, 0.6) is 0 Å².